The number of ether oxygens (including phenoxy) is 2. The number of alkyl carbamates (subject to hydrolysis) is 1. The van der Waals surface area contributed by atoms with Crippen LogP contribution in [0.3, 0.4) is 0 Å². The summed E-state index contributed by atoms with van der Waals surface area (Å²) in [6.07, 6.45) is 0.983. The first-order valence-corrected chi connectivity index (χ1v) is 13.2. The van der Waals surface area contributed by atoms with Gasteiger partial charge in [0.05, 0.1) is 12.0 Å². The maximum Gasteiger partial charge on any atom is 0.408 e. The van der Waals surface area contributed by atoms with Crippen molar-refractivity contribution >= 4 is 27.9 Å². The van der Waals surface area contributed by atoms with Gasteiger partial charge in [0, 0.05) is 12.6 Å². The van der Waals surface area contributed by atoms with E-state index in [1.54, 1.807) is 20.8 Å². The summed E-state index contributed by atoms with van der Waals surface area (Å²) in [7, 11) is -2.70. The number of hydrogen-bond acceptors (Lipinski definition) is 8. The number of rotatable bonds is 10. The second-order valence-electron chi connectivity index (χ2n) is 9.52. The summed E-state index contributed by atoms with van der Waals surface area (Å²) in [6, 6.07) is 2.75. The van der Waals surface area contributed by atoms with Crippen LogP contribution < -0.4 is 20.9 Å². The van der Waals surface area contributed by atoms with Crippen LogP contribution in [-0.4, -0.2) is 73.2 Å². The van der Waals surface area contributed by atoms with E-state index in [1.165, 1.54) is 36.9 Å². The summed E-state index contributed by atoms with van der Waals surface area (Å²) in [6.45, 7) is 6.85. The summed E-state index contributed by atoms with van der Waals surface area (Å²) in [5, 5.41) is 14.5. The summed E-state index contributed by atoms with van der Waals surface area (Å²) >= 11 is 0. The highest BCUT2D eigenvalue weighted by Crippen LogP contribution is 2.28. The zero-order valence-electron chi connectivity index (χ0n) is 21.2. The number of unbranched alkanes of at least 4 members (excludes halogenated alkanes) is 1. The van der Waals surface area contributed by atoms with Gasteiger partial charge in [-0.3, -0.25) is 14.8 Å². The van der Waals surface area contributed by atoms with Crippen LogP contribution in [0, 0.1) is 0 Å². The third-order valence-electron chi connectivity index (χ3n) is 5.53. The Bertz CT molecular complexity index is 1020. The Hall–Kier alpha value is -2.90. The Morgan fingerprint density at radius 2 is 1.83 bits per heavy atom. The van der Waals surface area contributed by atoms with Crippen LogP contribution in [0.2, 0.25) is 0 Å². The standard InChI is InChI=1S/C23H36N4O8S/c1-6-7-8-18(25-22(30)35-23(2,3)4)20(28)24-15-13-19(21(29)26-31)27(14-15)36(32,33)17-11-9-16(34-5)10-12-17/h9-12,15,18-19,31H,6-8,13-14H2,1-5H3,(H,24,28)(H,25,30)(H,26,29)/t15-,18+,19-/m1/s1. The van der Waals surface area contributed by atoms with Gasteiger partial charge < -0.3 is 20.1 Å². The Morgan fingerprint density at radius 1 is 1.19 bits per heavy atom. The average Bonchev–Trinajstić information content (AvgIpc) is 3.24. The SMILES string of the molecule is CCCC[C@H](NC(=O)OC(C)(C)C)C(=O)N[C@@H]1C[C@H](C(=O)NO)N(S(=O)(=O)c2ccc(OC)cc2)C1. The van der Waals surface area contributed by atoms with Gasteiger partial charge in [0.1, 0.15) is 23.4 Å². The molecule has 3 atom stereocenters. The second kappa shape index (κ2) is 12.4. The van der Waals surface area contributed by atoms with Crippen LogP contribution in [0.5, 0.6) is 5.75 Å². The summed E-state index contributed by atoms with van der Waals surface area (Å²) in [5.74, 6) is -0.981. The lowest BCUT2D eigenvalue weighted by atomic mass is 10.1. The predicted molar refractivity (Wildman–Crippen MR) is 130 cm³/mol. The molecule has 0 saturated carbocycles. The van der Waals surface area contributed by atoms with E-state index in [-0.39, 0.29) is 17.9 Å². The Labute approximate surface area is 211 Å². The van der Waals surface area contributed by atoms with Crippen molar-refractivity contribution in [2.45, 2.75) is 82.0 Å². The first-order chi connectivity index (χ1) is 16.8. The molecule has 1 aromatic carbocycles. The molecule has 0 bridgehead atoms. The number of hydroxylamine groups is 1. The van der Waals surface area contributed by atoms with Crippen molar-refractivity contribution in [3.63, 3.8) is 0 Å². The fraction of sp³-hybridized carbons (Fsp3) is 0.609. The van der Waals surface area contributed by atoms with Gasteiger partial charge in [0.2, 0.25) is 15.9 Å². The quantitative estimate of drug-likeness (QED) is 0.262. The lowest BCUT2D eigenvalue weighted by molar-refractivity contribution is -0.132. The molecule has 1 aliphatic rings. The number of carbonyl (C=O) groups is 3. The monoisotopic (exact) mass is 528 g/mol. The summed E-state index contributed by atoms with van der Waals surface area (Å²) in [4.78, 5) is 37.5. The van der Waals surface area contributed by atoms with Crippen LogP contribution >= 0.6 is 0 Å². The number of hydrogen-bond donors (Lipinski definition) is 4. The van der Waals surface area contributed by atoms with E-state index >= 15 is 0 Å². The van der Waals surface area contributed by atoms with Gasteiger partial charge in [-0.05, 0) is 57.9 Å². The fourth-order valence-corrected chi connectivity index (χ4v) is 5.44. The lowest BCUT2D eigenvalue weighted by Crippen LogP contribution is -2.51. The number of nitrogens with zero attached hydrogens (tertiary/aromatic N) is 1. The van der Waals surface area contributed by atoms with Gasteiger partial charge >= 0.3 is 6.09 Å². The predicted octanol–water partition coefficient (Wildman–Crippen LogP) is 1.53. The Balaban J connectivity index is 2.20. The molecule has 3 amide bonds. The van der Waals surface area contributed by atoms with Gasteiger partial charge in [-0.2, -0.15) is 4.31 Å². The maximum atomic E-state index is 13.3. The molecule has 1 saturated heterocycles. The molecule has 1 aliphatic heterocycles. The number of benzene rings is 1. The van der Waals surface area contributed by atoms with E-state index in [2.05, 4.69) is 10.6 Å². The Morgan fingerprint density at radius 3 is 2.36 bits per heavy atom. The fourth-order valence-electron chi connectivity index (χ4n) is 3.80. The molecule has 12 nitrogen and oxygen atoms in total. The number of carbonyl (C=O) groups excluding carboxylic acids is 3. The van der Waals surface area contributed by atoms with Gasteiger partial charge in [-0.1, -0.05) is 19.8 Å². The van der Waals surface area contributed by atoms with E-state index < -0.39 is 51.7 Å². The number of amides is 3. The molecule has 0 radical (unpaired) electrons. The first kappa shape index (κ1) is 29.3. The van der Waals surface area contributed by atoms with E-state index in [1.807, 2.05) is 6.92 Å². The van der Waals surface area contributed by atoms with Crippen LogP contribution in [0.4, 0.5) is 4.79 Å². The van der Waals surface area contributed by atoms with Crippen LogP contribution in [0.25, 0.3) is 0 Å². The highest BCUT2D eigenvalue weighted by atomic mass is 32.2. The molecular formula is C23H36N4O8S. The van der Waals surface area contributed by atoms with E-state index in [4.69, 9.17) is 9.47 Å². The van der Waals surface area contributed by atoms with Crippen molar-refractivity contribution in [2.24, 2.45) is 0 Å². The van der Waals surface area contributed by atoms with Crippen molar-refractivity contribution in [3.8, 4) is 5.75 Å². The second-order valence-corrected chi connectivity index (χ2v) is 11.4. The minimum Gasteiger partial charge on any atom is -0.497 e. The van der Waals surface area contributed by atoms with Crippen molar-refractivity contribution in [1.82, 2.24) is 20.4 Å². The van der Waals surface area contributed by atoms with Crippen molar-refractivity contribution in [3.05, 3.63) is 24.3 Å². The molecule has 0 unspecified atom stereocenters. The molecule has 0 aliphatic carbocycles. The molecule has 1 heterocycles. The number of nitrogens with one attached hydrogen (secondary N) is 3. The number of methoxy groups -OCH3 is 1. The minimum atomic E-state index is -4.15. The number of sulfonamides is 1. The first-order valence-electron chi connectivity index (χ1n) is 11.7. The van der Waals surface area contributed by atoms with Crippen molar-refractivity contribution in [2.75, 3.05) is 13.7 Å². The van der Waals surface area contributed by atoms with Crippen LogP contribution in [-0.2, 0) is 24.3 Å². The van der Waals surface area contributed by atoms with Gasteiger partial charge in [0.25, 0.3) is 5.91 Å². The molecule has 36 heavy (non-hydrogen) atoms. The normalized spacial score (nSPS) is 19.3. The molecule has 1 fully saturated rings. The largest absolute Gasteiger partial charge is 0.497 e. The zero-order valence-corrected chi connectivity index (χ0v) is 22.1. The highest BCUT2D eigenvalue weighted by molar-refractivity contribution is 7.89. The summed E-state index contributed by atoms with van der Waals surface area (Å²) in [5.41, 5.74) is 0.752. The highest BCUT2D eigenvalue weighted by Gasteiger charge is 2.45. The molecule has 0 spiro atoms. The third-order valence-corrected chi connectivity index (χ3v) is 7.42. The van der Waals surface area contributed by atoms with Crippen molar-refractivity contribution in [1.29, 1.82) is 0 Å². The molecule has 202 valence electrons. The molecule has 2 rings (SSSR count). The maximum absolute atomic E-state index is 13.3. The van der Waals surface area contributed by atoms with Crippen LogP contribution in [0.15, 0.2) is 29.2 Å². The minimum absolute atomic E-state index is 0.0690. The van der Waals surface area contributed by atoms with E-state index in [0.717, 1.165) is 10.7 Å². The third kappa shape index (κ3) is 7.80. The molecule has 13 heteroatoms. The van der Waals surface area contributed by atoms with Gasteiger partial charge in [-0.15, -0.1) is 0 Å². The molecular weight excluding hydrogens is 492 g/mol. The average molecular weight is 529 g/mol. The zero-order chi connectivity index (χ0) is 27.1. The van der Waals surface area contributed by atoms with E-state index in [0.29, 0.717) is 18.6 Å². The van der Waals surface area contributed by atoms with Crippen LogP contribution in [0.1, 0.15) is 53.4 Å². The van der Waals surface area contributed by atoms with Gasteiger partial charge in [0.15, 0.2) is 0 Å². The molecule has 1 aromatic rings. The topological polar surface area (TPSA) is 163 Å². The lowest BCUT2D eigenvalue weighted by Gasteiger charge is -2.24. The summed E-state index contributed by atoms with van der Waals surface area (Å²) < 4.78 is 37.8. The molecule has 4 N–H and O–H groups in total. The van der Waals surface area contributed by atoms with Gasteiger partial charge in [-0.25, -0.2) is 18.7 Å². The van der Waals surface area contributed by atoms with E-state index in [9.17, 15) is 28.0 Å². The molecule has 0 aromatic heterocycles. The Kier molecular flexibility index (Phi) is 10.1. The van der Waals surface area contributed by atoms with Crippen molar-refractivity contribution < 1.29 is 37.5 Å². The smallest absolute Gasteiger partial charge is 0.408 e.